The molecule has 178 valence electrons. The maximum absolute atomic E-state index is 13.9. The minimum Gasteiger partial charge on any atom is -0.497 e. The van der Waals surface area contributed by atoms with Gasteiger partial charge in [0.2, 0.25) is 10.0 Å². The fourth-order valence-electron chi connectivity index (χ4n) is 3.66. The minimum absolute atomic E-state index is 0.0355. The number of nitrogens with one attached hydrogen (secondary N) is 1. The number of rotatable bonds is 7. The van der Waals surface area contributed by atoms with Crippen LogP contribution >= 0.6 is 23.2 Å². The summed E-state index contributed by atoms with van der Waals surface area (Å²) in [7, 11) is -2.33. The van der Waals surface area contributed by atoms with Gasteiger partial charge in [0.25, 0.3) is 0 Å². The Morgan fingerprint density at radius 1 is 1.12 bits per heavy atom. The van der Waals surface area contributed by atoms with Crippen LogP contribution in [0.25, 0.3) is 0 Å². The van der Waals surface area contributed by atoms with Crippen molar-refractivity contribution >= 4 is 44.6 Å². The molecule has 10 heteroatoms. The second kappa shape index (κ2) is 9.92. The van der Waals surface area contributed by atoms with Crippen molar-refractivity contribution in [2.45, 2.75) is 24.3 Å². The second-order valence-corrected chi connectivity index (χ2v) is 10.4. The number of aryl methyl sites for hydroxylation is 1. The summed E-state index contributed by atoms with van der Waals surface area (Å²) in [6.07, 6.45) is 0.454. The molecule has 1 heterocycles. The van der Waals surface area contributed by atoms with E-state index in [0.717, 1.165) is 17.4 Å². The highest BCUT2D eigenvalue weighted by molar-refractivity contribution is 7.89. The topological polar surface area (TPSA) is 71.0 Å². The van der Waals surface area contributed by atoms with Gasteiger partial charge in [-0.2, -0.15) is 5.10 Å². The van der Waals surface area contributed by atoms with E-state index < -0.39 is 15.8 Å². The normalized spacial score (nSPS) is 16.0. The lowest BCUT2D eigenvalue weighted by atomic mass is 10.0. The van der Waals surface area contributed by atoms with Crippen molar-refractivity contribution in [3.05, 3.63) is 87.7 Å². The van der Waals surface area contributed by atoms with E-state index >= 15 is 0 Å². The summed E-state index contributed by atoms with van der Waals surface area (Å²) >= 11 is 12.5. The lowest BCUT2D eigenvalue weighted by Gasteiger charge is -2.25. The van der Waals surface area contributed by atoms with E-state index in [1.165, 1.54) is 12.1 Å². The van der Waals surface area contributed by atoms with Gasteiger partial charge >= 0.3 is 0 Å². The number of hydrazone groups is 1. The van der Waals surface area contributed by atoms with Gasteiger partial charge in [0.05, 0.1) is 41.0 Å². The average molecular weight is 522 g/mol. The number of hydrogen-bond acceptors (Lipinski definition) is 5. The molecule has 1 aliphatic rings. The van der Waals surface area contributed by atoms with Crippen LogP contribution in [0.1, 0.15) is 23.6 Å². The van der Waals surface area contributed by atoms with Crippen LogP contribution in [0.3, 0.4) is 0 Å². The van der Waals surface area contributed by atoms with Gasteiger partial charge in [0, 0.05) is 11.4 Å². The van der Waals surface area contributed by atoms with Gasteiger partial charge in [0.15, 0.2) is 0 Å². The lowest BCUT2D eigenvalue weighted by Crippen LogP contribution is -2.29. The van der Waals surface area contributed by atoms with Crippen molar-refractivity contribution in [1.82, 2.24) is 4.72 Å². The summed E-state index contributed by atoms with van der Waals surface area (Å²) in [5, 5.41) is 7.35. The Balaban J connectivity index is 1.61. The Hall–Kier alpha value is -2.65. The van der Waals surface area contributed by atoms with Crippen LogP contribution in [-0.4, -0.2) is 27.8 Å². The maximum Gasteiger partial charge on any atom is 0.241 e. The lowest BCUT2D eigenvalue weighted by molar-refractivity contribution is 0.414. The zero-order valence-electron chi connectivity index (χ0n) is 18.4. The third-order valence-corrected chi connectivity index (χ3v) is 7.49. The van der Waals surface area contributed by atoms with Crippen molar-refractivity contribution in [1.29, 1.82) is 0 Å². The number of ether oxygens (including phenoxy) is 1. The standard InChI is InChI=1S/C24H22Cl2FN3O3S/c1-15-3-9-20(13-22(15)27)34(31,32)28-14-18-12-24(16-4-7-19(33-2)8-5-16)30(29-18)23-10-6-17(25)11-21(23)26/h3-11,13,24,28H,12,14H2,1-2H3. The number of sulfonamides is 1. The number of anilines is 1. The SMILES string of the molecule is COc1ccc(C2CC(CNS(=O)(=O)c3ccc(C)c(F)c3)=NN2c2ccc(Cl)cc2Cl)cc1. The summed E-state index contributed by atoms with van der Waals surface area (Å²) in [6, 6.07) is 16.3. The van der Waals surface area contributed by atoms with E-state index in [9.17, 15) is 12.8 Å². The molecule has 0 bridgehead atoms. The first kappa shape index (κ1) is 24.5. The first-order valence-electron chi connectivity index (χ1n) is 10.4. The van der Waals surface area contributed by atoms with Crippen LogP contribution in [0.4, 0.5) is 10.1 Å². The number of halogens is 3. The zero-order chi connectivity index (χ0) is 24.5. The molecule has 1 unspecified atom stereocenters. The molecule has 4 rings (SSSR count). The minimum atomic E-state index is -3.92. The van der Waals surface area contributed by atoms with Crippen LogP contribution in [0.5, 0.6) is 5.75 Å². The Labute approximate surface area is 208 Å². The van der Waals surface area contributed by atoms with Gasteiger partial charge in [-0.3, -0.25) is 5.01 Å². The first-order valence-corrected chi connectivity index (χ1v) is 12.6. The highest BCUT2D eigenvalue weighted by Crippen LogP contribution is 2.40. The van der Waals surface area contributed by atoms with Crippen molar-refractivity contribution in [3.63, 3.8) is 0 Å². The van der Waals surface area contributed by atoms with Crippen molar-refractivity contribution < 1.29 is 17.5 Å². The molecule has 0 saturated heterocycles. The van der Waals surface area contributed by atoms with E-state index in [1.807, 2.05) is 24.3 Å². The molecule has 1 atom stereocenters. The second-order valence-electron chi connectivity index (χ2n) is 7.84. The molecule has 3 aromatic rings. The van der Waals surface area contributed by atoms with Gasteiger partial charge in [-0.05, 0) is 60.5 Å². The third-order valence-electron chi connectivity index (χ3n) is 5.55. The fourth-order valence-corrected chi connectivity index (χ4v) is 5.18. The smallest absolute Gasteiger partial charge is 0.241 e. The molecule has 0 aliphatic carbocycles. The fraction of sp³-hybridized carbons (Fsp3) is 0.208. The summed E-state index contributed by atoms with van der Waals surface area (Å²) in [4.78, 5) is -0.140. The van der Waals surface area contributed by atoms with Gasteiger partial charge in [-0.1, -0.05) is 41.4 Å². The Morgan fingerprint density at radius 3 is 2.50 bits per heavy atom. The summed E-state index contributed by atoms with van der Waals surface area (Å²) < 4.78 is 47.1. The van der Waals surface area contributed by atoms with Crippen LogP contribution in [0, 0.1) is 12.7 Å². The predicted octanol–water partition coefficient (Wildman–Crippen LogP) is 5.74. The molecular weight excluding hydrogens is 500 g/mol. The molecule has 34 heavy (non-hydrogen) atoms. The third kappa shape index (κ3) is 5.20. The summed E-state index contributed by atoms with van der Waals surface area (Å²) in [5.41, 5.74) is 2.57. The van der Waals surface area contributed by atoms with Crippen molar-refractivity contribution in [2.24, 2.45) is 5.10 Å². The largest absolute Gasteiger partial charge is 0.497 e. The quantitative estimate of drug-likeness (QED) is 0.430. The van der Waals surface area contributed by atoms with E-state index in [4.69, 9.17) is 27.9 Å². The van der Waals surface area contributed by atoms with Gasteiger partial charge in [-0.25, -0.2) is 17.5 Å². The number of nitrogens with zero attached hydrogens (tertiary/aromatic N) is 2. The molecule has 0 spiro atoms. The van der Waals surface area contributed by atoms with Gasteiger partial charge < -0.3 is 4.74 Å². The van der Waals surface area contributed by atoms with E-state index in [-0.39, 0.29) is 17.5 Å². The summed E-state index contributed by atoms with van der Waals surface area (Å²) in [6.45, 7) is 1.54. The number of hydrogen-bond donors (Lipinski definition) is 1. The Bertz CT molecular complexity index is 1350. The van der Waals surface area contributed by atoms with Crippen LogP contribution in [0.2, 0.25) is 10.0 Å². The van der Waals surface area contributed by atoms with Gasteiger partial charge in [-0.15, -0.1) is 0 Å². The molecule has 1 N–H and O–H groups in total. The molecule has 0 saturated carbocycles. The number of methoxy groups -OCH3 is 1. The molecule has 0 aromatic heterocycles. The average Bonchev–Trinajstić information content (AvgIpc) is 3.23. The molecule has 0 radical (unpaired) electrons. The van der Waals surface area contributed by atoms with Crippen LogP contribution in [0.15, 0.2) is 70.7 Å². The highest BCUT2D eigenvalue weighted by Gasteiger charge is 2.31. The van der Waals surface area contributed by atoms with E-state index in [0.29, 0.717) is 33.4 Å². The molecule has 6 nitrogen and oxygen atoms in total. The molecule has 3 aromatic carbocycles. The van der Waals surface area contributed by atoms with Crippen LogP contribution < -0.4 is 14.5 Å². The maximum atomic E-state index is 13.9. The molecular formula is C24H22Cl2FN3O3S. The van der Waals surface area contributed by atoms with E-state index in [2.05, 4.69) is 9.82 Å². The van der Waals surface area contributed by atoms with Crippen LogP contribution in [-0.2, 0) is 10.0 Å². The number of benzene rings is 3. The molecule has 1 aliphatic heterocycles. The Kier molecular flexibility index (Phi) is 7.14. The zero-order valence-corrected chi connectivity index (χ0v) is 20.8. The predicted molar refractivity (Wildman–Crippen MR) is 133 cm³/mol. The summed E-state index contributed by atoms with van der Waals surface area (Å²) in [5.74, 6) is 0.140. The Morgan fingerprint density at radius 2 is 1.85 bits per heavy atom. The monoisotopic (exact) mass is 521 g/mol. The highest BCUT2D eigenvalue weighted by atomic mass is 35.5. The van der Waals surface area contributed by atoms with Crippen molar-refractivity contribution in [2.75, 3.05) is 18.7 Å². The molecule has 0 fully saturated rings. The first-order chi connectivity index (χ1) is 16.2. The van der Waals surface area contributed by atoms with Gasteiger partial charge in [0.1, 0.15) is 11.6 Å². The van der Waals surface area contributed by atoms with Crippen molar-refractivity contribution in [3.8, 4) is 5.75 Å². The molecule has 0 amide bonds. The van der Waals surface area contributed by atoms with E-state index in [1.54, 1.807) is 37.2 Å².